The number of aryl methyl sites for hydroxylation is 1. The molecule has 0 atom stereocenters. The smallest absolute Gasteiger partial charge is 0.351 e. The number of carbonyl (C=O) groups excluding carboxylic acids is 2. The van der Waals surface area contributed by atoms with Crippen LogP contribution in [0.15, 0.2) is 53.9 Å². The van der Waals surface area contributed by atoms with Crippen molar-refractivity contribution in [3.05, 3.63) is 76.2 Å². The van der Waals surface area contributed by atoms with Crippen LogP contribution in [0, 0.1) is 0 Å². The first-order valence-electron chi connectivity index (χ1n) is 9.11. The Kier molecular flexibility index (Phi) is 5.77. The molecule has 1 aromatic heterocycles. The van der Waals surface area contributed by atoms with E-state index in [0.717, 1.165) is 30.4 Å². The highest BCUT2D eigenvalue weighted by molar-refractivity contribution is 14.1. The van der Waals surface area contributed by atoms with Gasteiger partial charge in [-0.25, -0.2) is 4.79 Å². The molecule has 0 radical (unpaired) electrons. The number of hydrogen-bond acceptors (Lipinski definition) is 4. The number of halogens is 1. The molecule has 1 heterocycles. The van der Waals surface area contributed by atoms with E-state index in [-0.39, 0.29) is 5.91 Å². The number of thiophene rings is 1. The molecule has 1 amide bonds. The van der Waals surface area contributed by atoms with E-state index in [2.05, 4.69) is 17.4 Å². The predicted molar refractivity (Wildman–Crippen MR) is 120 cm³/mol. The third-order valence-corrected chi connectivity index (χ3v) is 6.31. The van der Waals surface area contributed by atoms with Gasteiger partial charge in [0.1, 0.15) is 10.6 Å². The van der Waals surface area contributed by atoms with Gasteiger partial charge in [-0.05, 0) is 54.5 Å². The Bertz CT molecular complexity index is 1030. The molecule has 2 aromatic carbocycles. The largest absolute Gasteiger partial charge is 0.391 e. The number of nitrogens with one attached hydrogen (secondary N) is 1. The van der Waals surface area contributed by atoms with Gasteiger partial charge in [-0.1, -0.05) is 36.4 Å². The number of amides is 1. The molecular formula is C22H18INO3S. The van der Waals surface area contributed by atoms with Gasteiger partial charge in [-0.15, -0.1) is 11.3 Å². The van der Waals surface area contributed by atoms with Crippen LogP contribution in [-0.4, -0.2) is 11.9 Å². The summed E-state index contributed by atoms with van der Waals surface area (Å²) in [5, 5.41) is 5.34. The third kappa shape index (κ3) is 3.71. The van der Waals surface area contributed by atoms with Crippen LogP contribution in [0.1, 0.15) is 44.7 Å². The first-order valence-corrected chi connectivity index (χ1v) is 10.9. The van der Waals surface area contributed by atoms with Crippen molar-refractivity contribution < 1.29 is 12.7 Å². The summed E-state index contributed by atoms with van der Waals surface area (Å²) in [6.45, 7) is 0. The van der Waals surface area contributed by atoms with Crippen molar-refractivity contribution in [3.8, 4) is 11.1 Å². The molecule has 0 saturated heterocycles. The molecule has 1 aliphatic rings. The van der Waals surface area contributed by atoms with Crippen LogP contribution < -0.4 is 5.32 Å². The van der Waals surface area contributed by atoms with Crippen LogP contribution in [0.5, 0.6) is 0 Å². The number of benzene rings is 2. The molecule has 0 spiro atoms. The van der Waals surface area contributed by atoms with Gasteiger partial charge < -0.3 is 8.38 Å². The van der Waals surface area contributed by atoms with Gasteiger partial charge in [0.2, 0.25) is 0 Å². The van der Waals surface area contributed by atoms with E-state index in [0.29, 0.717) is 16.1 Å². The Morgan fingerprint density at radius 3 is 2.54 bits per heavy atom. The Labute approximate surface area is 181 Å². The quantitative estimate of drug-likeness (QED) is 0.441. The highest BCUT2D eigenvalue weighted by Crippen LogP contribution is 2.40. The molecule has 4 nitrogen and oxygen atoms in total. The zero-order valence-corrected chi connectivity index (χ0v) is 18.0. The minimum atomic E-state index is -0.450. The van der Waals surface area contributed by atoms with E-state index in [1.54, 1.807) is 35.1 Å². The number of carbonyl (C=O) groups is 2. The molecule has 3 aromatic rings. The maximum atomic E-state index is 12.6. The van der Waals surface area contributed by atoms with Crippen LogP contribution in [-0.2, 0) is 15.9 Å². The fraction of sp³-hybridized carbons (Fsp3) is 0.182. The average Bonchev–Trinajstić information content (AvgIpc) is 3.16. The van der Waals surface area contributed by atoms with Crippen LogP contribution in [0.25, 0.3) is 11.1 Å². The predicted octanol–water partition coefficient (Wildman–Crippen LogP) is 6.05. The van der Waals surface area contributed by atoms with Gasteiger partial charge in [0.25, 0.3) is 5.91 Å². The van der Waals surface area contributed by atoms with E-state index in [1.165, 1.54) is 28.9 Å². The number of anilines is 1. The summed E-state index contributed by atoms with van der Waals surface area (Å²) in [7, 11) is 0. The lowest BCUT2D eigenvalue weighted by molar-refractivity contribution is 0.0802. The summed E-state index contributed by atoms with van der Waals surface area (Å²) in [4.78, 5) is 25.2. The molecule has 1 aliphatic carbocycles. The lowest BCUT2D eigenvalue weighted by atomic mass is 9.85. The summed E-state index contributed by atoms with van der Waals surface area (Å²) in [6, 6.07) is 15.2. The van der Waals surface area contributed by atoms with Gasteiger partial charge in [0.15, 0.2) is 23.0 Å². The van der Waals surface area contributed by atoms with E-state index >= 15 is 0 Å². The highest BCUT2D eigenvalue weighted by atomic mass is 127. The average molecular weight is 503 g/mol. The van der Waals surface area contributed by atoms with Crippen molar-refractivity contribution in [2.45, 2.75) is 25.7 Å². The Hall–Kier alpha value is -2.19. The number of rotatable bonds is 4. The second-order valence-corrected chi connectivity index (χ2v) is 8.01. The fourth-order valence-electron chi connectivity index (χ4n) is 3.69. The van der Waals surface area contributed by atoms with E-state index in [4.69, 9.17) is 3.07 Å². The van der Waals surface area contributed by atoms with Gasteiger partial charge in [0, 0.05) is 16.5 Å². The zero-order valence-electron chi connectivity index (χ0n) is 15.0. The molecule has 1 N–H and O–H groups in total. The molecule has 0 saturated carbocycles. The lowest BCUT2D eigenvalue weighted by Gasteiger charge is -2.19. The summed E-state index contributed by atoms with van der Waals surface area (Å²) >= 11 is 2.95. The molecule has 142 valence electrons. The van der Waals surface area contributed by atoms with Crippen molar-refractivity contribution in [2.75, 3.05) is 5.32 Å². The van der Waals surface area contributed by atoms with Crippen molar-refractivity contribution in [2.24, 2.45) is 0 Å². The van der Waals surface area contributed by atoms with Crippen LogP contribution in [0.2, 0.25) is 0 Å². The van der Waals surface area contributed by atoms with E-state index in [9.17, 15) is 9.59 Å². The van der Waals surface area contributed by atoms with E-state index in [1.807, 2.05) is 29.6 Å². The Morgan fingerprint density at radius 2 is 1.75 bits per heavy atom. The fourth-order valence-corrected chi connectivity index (χ4v) is 4.85. The normalized spacial score (nSPS) is 12.9. The summed E-state index contributed by atoms with van der Waals surface area (Å²) in [5.41, 5.74) is 5.50. The van der Waals surface area contributed by atoms with Crippen LogP contribution >= 0.6 is 34.3 Å². The minimum absolute atomic E-state index is 0.244. The van der Waals surface area contributed by atoms with Crippen LogP contribution in [0.4, 0.5) is 5.00 Å². The van der Waals surface area contributed by atoms with Crippen molar-refractivity contribution in [1.82, 2.24) is 0 Å². The first kappa shape index (κ1) is 19.1. The van der Waals surface area contributed by atoms with Crippen molar-refractivity contribution >= 4 is 51.2 Å². The summed E-state index contributed by atoms with van der Waals surface area (Å²) in [5.74, 6) is -0.694. The summed E-state index contributed by atoms with van der Waals surface area (Å²) < 4.78 is 5.02. The minimum Gasteiger partial charge on any atom is -0.391 e. The Morgan fingerprint density at radius 1 is 0.964 bits per heavy atom. The molecule has 0 fully saturated rings. The first-order chi connectivity index (χ1) is 13.7. The van der Waals surface area contributed by atoms with Crippen LogP contribution in [0.3, 0.4) is 0 Å². The molecule has 0 aliphatic heterocycles. The maximum Gasteiger partial charge on any atom is 0.351 e. The number of hydrogen-bond donors (Lipinski definition) is 1. The van der Waals surface area contributed by atoms with Gasteiger partial charge in [-0.3, -0.25) is 4.79 Å². The second-order valence-electron chi connectivity index (χ2n) is 6.69. The summed E-state index contributed by atoms with van der Waals surface area (Å²) in [6.07, 6.45) is 4.42. The van der Waals surface area contributed by atoms with Crippen molar-refractivity contribution in [3.63, 3.8) is 0 Å². The highest BCUT2D eigenvalue weighted by Gasteiger charge is 2.25. The maximum absolute atomic E-state index is 12.6. The molecule has 6 heteroatoms. The number of fused-ring (bicyclic) bond motifs is 1. The molecule has 28 heavy (non-hydrogen) atoms. The topological polar surface area (TPSA) is 55.4 Å². The van der Waals surface area contributed by atoms with Crippen molar-refractivity contribution in [1.29, 1.82) is 0 Å². The molecular weight excluding hydrogens is 485 g/mol. The standard InChI is InChI=1S/C22H18INO3S/c23-27-22(26)19-18(17-12-6-10-14-7-4-5-11-16(14)17)13-28-21(19)24-20(25)15-8-2-1-3-9-15/h1-3,6,8-10,12-13H,4-5,7,11H2,(H,24,25). The molecule has 0 unspecified atom stereocenters. The Balaban J connectivity index is 1.76. The van der Waals surface area contributed by atoms with E-state index < -0.39 is 5.97 Å². The lowest BCUT2D eigenvalue weighted by Crippen LogP contribution is -2.13. The SMILES string of the molecule is O=C(Nc1scc(-c2cccc3c2CCCC3)c1C(=O)OI)c1ccccc1. The van der Waals surface area contributed by atoms with Gasteiger partial charge in [0.05, 0.1) is 0 Å². The molecule has 4 rings (SSSR count). The monoisotopic (exact) mass is 503 g/mol. The van der Waals surface area contributed by atoms with Gasteiger partial charge >= 0.3 is 5.97 Å². The third-order valence-electron chi connectivity index (χ3n) is 5.01. The van der Waals surface area contributed by atoms with Gasteiger partial charge in [-0.2, -0.15) is 0 Å². The molecule has 0 bridgehead atoms. The zero-order chi connectivity index (χ0) is 19.5. The second kappa shape index (κ2) is 8.45.